The molecule has 0 aliphatic heterocycles. The first-order chi connectivity index (χ1) is 9.63. The largest absolute Gasteiger partial charge is 0.467 e. The van der Waals surface area contributed by atoms with Crippen molar-refractivity contribution in [2.24, 2.45) is 4.99 Å². The number of amides is 1. The summed E-state index contributed by atoms with van der Waals surface area (Å²) in [5.74, 6) is 1.43. The van der Waals surface area contributed by atoms with E-state index >= 15 is 0 Å². The molecule has 0 aliphatic carbocycles. The van der Waals surface area contributed by atoms with Crippen molar-refractivity contribution in [3.05, 3.63) is 24.2 Å². The molecule has 1 amide bonds. The molecule has 0 atom stereocenters. The highest BCUT2D eigenvalue weighted by Gasteiger charge is 2.05. The molecular formula is C14H24N4O2. The lowest BCUT2D eigenvalue weighted by Crippen LogP contribution is -2.38. The monoisotopic (exact) mass is 280 g/mol. The standard InChI is InChI=1S/C14H24N4O2/c1-4-5-8-15-14(17-11-13(19)18(2)3)16-10-12-7-6-9-20-12/h6-7,9H,4-5,8,10-11H2,1-3H3,(H2,15,16,17). The molecule has 0 radical (unpaired) electrons. The van der Waals surface area contributed by atoms with Gasteiger partial charge in [-0.15, -0.1) is 0 Å². The summed E-state index contributed by atoms with van der Waals surface area (Å²) >= 11 is 0. The lowest BCUT2D eigenvalue weighted by Gasteiger charge is -2.12. The molecular weight excluding hydrogens is 256 g/mol. The first-order valence-electron chi connectivity index (χ1n) is 6.88. The van der Waals surface area contributed by atoms with Gasteiger partial charge in [-0.2, -0.15) is 0 Å². The van der Waals surface area contributed by atoms with E-state index < -0.39 is 0 Å². The molecule has 1 aromatic rings. The Labute approximate surface area is 120 Å². The topological polar surface area (TPSA) is 69.9 Å². The number of hydrogen-bond donors (Lipinski definition) is 2. The quantitative estimate of drug-likeness (QED) is 0.447. The summed E-state index contributed by atoms with van der Waals surface area (Å²) in [6.45, 7) is 3.63. The van der Waals surface area contributed by atoms with E-state index in [1.807, 2.05) is 12.1 Å². The molecule has 6 nitrogen and oxygen atoms in total. The van der Waals surface area contributed by atoms with Crippen molar-refractivity contribution < 1.29 is 9.21 Å². The normalized spacial score (nSPS) is 11.2. The van der Waals surface area contributed by atoms with Crippen molar-refractivity contribution >= 4 is 11.9 Å². The summed E-state index contributed by atoms with van der Waals surface area (Å²) in [6.07, 6.45) is 3.80. The molecule has 0 saturated heterocycles. The SMILES string of the molecule is CCCCNC(=NCC(=O)N(C)C)NCc1ccco1. The van der Waals surface area contributed by atoms with Crippen molar-refractivity contribution in [3.63, 3.8) is 0 Å². The summed E-state index contributed by atoms with van der Waals surface area (Å²) in [5, 5.41) is 6.35. The van der Waals surface area contributed by atoms with Crippen LogP contribution in [0.4, 0.5) is 0 Å². The van der Waals surface area contributed by atoms with Gasteiger partial charge in [-0.1, -0.05) is 13.3 Å². The molecule has 6 heteroatoms. The van der Waals surface area contributed by atoms with Crippen LogP contribution in [0.3, 0.4) is 0 Å². The van der Waals surface area contributed by atoms with Gasteiger partial charge < -0.3 is 20.0 Å². The molecule has 0 saturated carbocycles. The third-order valence-corrected chi connectivity index (χ3v) is 2.70. The van der Waals surface area contributed by atoms with Gasteiger partial charge in [0, 0.05) is 20.6 Å². The predicted octanol–water partition coefficient (Wildman–Crippen LogP) is 1.20. The molecule has 0 spiro atoms. The van der Waals surface area contributed by atoms with E-state index in [4.69, 9.17) is 4.42 Å². The fourth-order valence-electron chi connectivity index (χ4n) is 1.43. The van der Waals surface area contributed by atoms with E-state index in [1.165, 1.54) is 4.90 Å². The Morgan fingerprint density at radius 2 is 2.20 bits per heavy atom. The lowest BCUT2D eigenvalue weighted by atomic mass is 10.3. The van der Waals surface area contributed by atoms with Crippen molar-refractivity contribution in [2.45, 2.75) is 26.3 Å². The van der Waals surface area contributed by atoms with Crippen LogP contribution in [0.15, 0.2) is 27.8 Å². The first-order valence-corrected chi connectivity index (χ1v) is 6.88. The molecule has 1 aromatic heterocycles. The number of likely N-dealkylation sites (N-methyl/N-ethyl adjacent to an activating group) is 1. The molecule has 2 N–H and O–H groups in total. The number of hydrogen-bond acceptors (Lipinski definition) is 3. The number of aliphatic imine (C=N–C) groups is 1. The molecule has 1 heterocycles. The highest BCUT2D eigenvalue weighted by molar-refractivity contribution is 5.84. The van der Waals surface area contributed by atoms with Crippen molar-refractivity contribution in [1.29, 1.82) is 0 Å². The van der Waals surface area contributed by atoms with Gasteiger partial charge in [-0.3, -0.25) is 4.79 Å². The van der Waals surface area contributed by atoms with E-state index in [0.29, 0.717) is 12.5 Å². The zero-order valence-electron chi connectivity index (χ0n) is 12.5. The highest BCUT2D eigenvalue weighted by atomic mass is 16.3. The number of unbranched alkanes of at least 4 members (excludes halogenated alkanes) is 1. The van der Waals surface area contributed by atoms with Crippen LogP contribution in [0.25, 0.3) is 0 Å². The number of carbonyl (C=O) groups excluding carboxylic acids is 1. The minimum Gasteiger partial charge on any atom is -0.467 e. The zero-order valence-corrected chi connectivity index (χ0v) is 12.5. The number of furan rings is 1. The Hall–Kier alpha value is -1.98. The molecule has 1 rings (SSSR count). The Kier molecular flexibility index (Phi) is 7.24. The number of rotatable bonds is 7. The van der Waals surface area contributed by atoms with Crippen LogP contribution in [-0.2, 0) is 11.3 Å². The van der Waals surface area contributed by atoms with E-state index in [2.05, 4.69) is 22.5 Å². The minimum absolute atomic E-state index is 0.0282. The second-order valence-corrected chi connectivity index (χ2v) is 4.67. The van der Waals surface area contributed by atoms with Gasteiger partial charge in [0.05, 0.1) is 12.8 Å². The van der Waals surface area contributed by atoms with E-state index in [9.17, 15) is 4.79 Å². The molecule has 0 fully saturated rings. The zero-order chi connectivity index (χ0) is 14.8. The summed E-state index contributed by atoms with van der Waals surface area (Å²) in [5.41, 5.74) is 0. The Balaban J connectivity index is 2.49. The fraction of sp³-hybridized carbons (Fsp3) is 0.571. The van der Waals surface area contributed by atoms with Gasteiger partial charge in [-0.25, -0.2) is 4.99 Å². The Morgan fingerprint density at radius 3 is 2.80 bits per heavy atom. The number of guanidine groups is 1. The maximum Gasteiger partial charge on any atom is 0.243 e. The van der Waals surface area contributed by atoms with Crippen LogP contribution >= 0.6 is 0 Å². The minimum atomic E-state index is -0.0282. The van der Waals surface area contributed by atoms with Gasteiger partial charge >= 0.3 is 0 Å². The highest BCUT2D eigenvalue weighted by Crippen LogP contribution is 1.98. The molecule has 0 bridgehead atoms. The Morgan fingerprint density at radius 1 is 1.40 bits per heavy atom. The lowest BCUT2D eigenvalue weighted by molar-refractivity contribution is -0.127. The molecule has 20 heavy (non-hydrogen) atoms. The molecule has 0 aliphatic rings. The van der Waals surface area contributed by atoms with Crippen LogP contribution in [0.1, 0.15) is 25.5 Å². The van der Waals surface area contributed by atoms with Crippen LogP contribution in [-0.4, -0.2) is 44.0 Å². The van der Waals surface area contributed by atoms with Gasteiger partial charge in [0.2, 0.25) is 5.91 Å². The van der Waals surface area contributed by atoms with Crippen molar-refractivity contribution in [2.75, 3.05) is 27.2 Å². The number of nitrogens with zero attached hydrogens (tertiary/aromatic N) is 2. The molecule has 112 valence electrons. The van der Waals surface area contributed by atoms with Crippen LogP contribution in [0, 0.1) is 0 Å². The van der Waals surface area contributed by atoms with Crippen LogP contribution in [0.2, 0.25) is 0 Å². The number of carbonyl (C=O) groups is 1. The smallest absolute Gasteiger partial charge is 0.243 e. The average molecular weight is 280 g/mol. The fourth-order valence-corrected chi connectivity index (χ4v) is 1.43. The third-order valence-electron chi connectivity index (χ3n) is 2.70. The second kappa shape index (κ2) is 9.01. The maximum absolute atomic E-state index is 11.6. The van der Waals surface area contributed by atoms with Gasteiger partial charge in [0.25, 0.3) is 0 Å². The van der Waals surface area contributed by atoms with Crippen LogP contribution < -0.4 is 10.6 Å². The van der Waals surface area contributed by atoms with Gasteiger partial charge in [-0.05, 0) is 18.6 Å². The van der Waals surface area contributed by atoms with E-state index in [0.717, 1.165) is 25.1 Å². The Bertz CT molecular complexity index is 413. The van der Waals surface area contributed by atoms with E-state index in [1.54, 1.807) is 20.4 Å². The van der Waals surface area contributed by atoms with Crippen molar-refractivity contribution in [3.8, 4) is 0 Å². The van der Waals surface area contributed by atoms with Gasteiger partial charge in [0.15, 0.2) is 5.96 Å². The average Bonchev–Trinajstić information content (AvgIpc) is 2.94. The summed E-state index contributed by atoms with van der Waals surface area (Å²) < 4.78 is 5.25. The number of nitrogens with one attached hydrogen (secondary N) is 2. The first kappa shape index (κ1) is 16.1. The third kappa shape index (κ3) is 6.26. The van der Waals surface area contributed by atoms with E-state index in [-0.39, 0.29) is 12.5 Å². The maximum atomic E-state index is 11.6. The van der Waals surface area contributed by atoms with Gasteiger partial charge in [0.1, 0.15) is 12.3 Å². The molecule has 0 aromatic carbocycles. The summed E-state index contributed by atoms with van der Waals surface area (Å²) in [4.78, 5) is 17.4. The van der Waals surface area contributed by atoms with Crippen LogP contribution in [0.5, 0.6) is 0 Å². The summed E-state index contributed by atoms with van der Waals surface area (Å²) in [6, 6.07) is 3.73. The second-order valence-electron chi connectivity index (χ2n) is 4.67. The predicted molar refractivity (Wildman–Crippen MR) is 79.5 cm³/mol. The van der Waals surface area contributed by atoms with Crippen molar-refractivity contribution in [1.82, 2.24) is 15.5 Å². The summed E-state index contributed by atoms with van der Waals surface area (Å²) in [7, 11) is 3.44. The molecule has 0 unspecified atom stereocenters.